The lowest BCUT2D eigenvalue weighted by Gasteiger charge is -2.27. The zero-order valence-corrected chi connectivity index (χ0v) is 24.1. The highest BCUT2D eigenvalue weighted by Gasteiger charge is 2.27. The first-order valence-electron chi connectivity index (χ1n) is 14.5. The summed E-state index contributed by atoms with van der Waals surface area (Å²) in [6.07, 6.45) is 1.83. The number of rotatable bonds is 8. The van der Waals surface area contributed by atoms with Gasteiger partial charge in [0.1, 0.15) is 0 Å². The molecule has 2 heteroatoms. The fourth-order valence-corrected chi connectivity index (χ4v) is 5.89. The van der Waals surface area contributed by atoms with Crippen LogP contribution >= 0.6 is 0 Å². The molecule has 0 amide bonds. The topological polar surface area (TPSA) is 25.2 Å². The molecule has 6 aromatic rings. The van der Waals surface area contributed by atoms with E-state index in [9.17, 15) is 0 Å². The molecule has 0 aliphatic carbocycles. The second-order valence-corrected chi connectivity index (χ2v) is 10.7. The highest BCUT2D eigenvalue weighted by Crippen LogP contribution is 2.45. The summed E-state index contributed by atoms with van der Waals surface area (Å²) >= 11 is 0. The van der Waals surface area contributed by atoms with Gasteiger partial charge < -0.3 is 0 Å². The van der Waals surface area contributed by atoms with E-state index in [-0.39, 0.29) is 11.8 Å². The average Bonchev–Trinajstić information content (AvgIpc) is 3.05. The Morgan fingerprint density at radius 2 is 0.905 bits per heavy atom. The first kappa shape index (κ1) is 27.1. The Kier molecular flexibility index (Phi) is 8.14. The van der Waals surface area contributed by atoms with Gasteiger partial charge in [-0.3, -0.25) is 9.98 Å². The minimum atomic E-state index is 0.00790. The van der Waals surface area contributed by atoms with Gasteiger partial charge in [-0.2, -0.15) is 0 Å². The van der Waals surface area contributed by atoms with Crippen LogP contribution in [0.5, 0.6) is 0 Å². The Labute approximate surface area is 249 Å². The van der Waals surface area contributed by atoms with Crippen molar-refractivity contribution in [1.82, 2.24) is 4.98 Å². The van der Waals surface area contributed by atoms with Crippen molar-refractivity contribution < 1.29 is 0 Å². The number of benzene rings is 5. The predicted molar refractivity (Wildman–Crippen MR) is 175 cm³/mol. The van der Waals surface area contributed by atoms with Gasteiger partial charge in [-0.1, -0.05) is 145 Å². The van der Waals surface area contributed by atoms with Crippen LogP contribution in [0.25, 0.3) is 0 Å². The molecule has 0 radical (unpaired) electrons. The number of aryl methyl sites for hydroxylation is 1. The molecule has 42 heavy (non-hydrogen) atoms. The normalized spacial score (nSPS) is 11.7. The molecule has 0 bridgehead atoms. The van der Waals surface area contributed by atoms with Gasteiger partial charge in [0.05, 0.1) is 17.1 Å². The van der Waals surface area contributed by atoms with Crippen molar-refractivity contribution in [1.29, 1.82) is 0 Å². The molecule has 1 heterocycles. The van der Waals surface area contributed by atoms with Crippen LogP contribution < -0.4 is 0 Å². The smallest absolute Gasteiger partial charge is 0.0841 e. The zero-order valence-electron chi connectivity index (χ0n) is 24.1. The molecular formula is C40H34N2. The van der Waals surface area contributed by atoms with E-state index in [1.807, 2.05) is 24.4 Å². The lowest BCUT2D eigenvalue weighted by molar-refractivity contribution is 0.933. The molecule has 0 fully saturated rings. The van der Waals surface area contributed by atoms with Gasteiger partial charge in [0.2, 0.25) is 0 Å². The Balaban J connectivity index is 1.69. The summed E-state index contributed by atoms with van der Waals surface area (Å²) in [6, 6.07) is 53.8. The van der Waals surface area contributed by atoms with Crippen molar-refractivity contribution in [2.45, 2.75) is 25.7 Å². The van der Waals surface area contributed by atoms with Gasteiger partial charge in [0.25, 0.3) is 0 Å². The Bertz CT molecular complexity index is 1580. The van der Waals surface area contributed by atoms with E-state index >= 15 is 0 Å². The molecule has 2 nitrogen and oxygen atoms in total. The monoisotopic (exact) mass is 542 g/mol. The molecule has 0 aliphatic rings. The fraction of sp³-hybridized carbons (Fsp3) is 0.100. The van der Waals surface area contributed by atoms with Crippen molar-refractivity contribution in [3.05, 3.63) is 202 Å². The van der Waals surface area contributed by atoms with Crippen LogP contribution in [0.4, 0.5) is 5.69 Å². The van der Waals surface area contributed by atoms with Crippen molar-refractivity contribution in [3.8, 4) is 0 Å². The maximum atomic E-state index is 5.47. The Morgan fingerprint density at radius 1 is 0.524 bits per heavy atom. The lowest BCUT2D eigenvalue weighted by atomic mass is 9.78. The minimum Gasteiger partial charge on any atom is -0.255 e. The molecule has 0 spiro atoms. The van der Waals surface area contributed by atoms with Gasteiger partial charge in [0.15, 0.2) is 0 Å². The third-order valence-corrected chi connectivity index (χ3v) is 7.78. The van der Waals surface area contributed by atoms with E-state index in [0.717, 1.165) is 17.1 Å². The van der Waals surface area contributed by atoms with E-state index in [1.54, 1.807) is 0 Å². The fourth-order valence-electron chi connectivity index (χ4n) is 5.89. The first-order chi connectivity index (χ1) is 20.7. The van der Waals surface area contributed by atoms with Crippen molar-refractivity contribution in [3.63, 3.8) is 0 Å². The summed E-state index contributed by atoms with van der Waals surface area (Å²) in [5.74, 6) is 0.0158. The third-order valence-electron chi connectivity index (χ3n) is 7.78. The minimum absolute atomic E-state index is 0.00790. The third kappa shape index (κ3) is 5.84. The van der Waals surface area contributed by atoms with Crippen molar-refractivity contribution in [2.24, 2.45) is 4.99 Å². The zero-order chi connectivity index (χ0) is 28.7. The van der Waals surface area contributed by atoms with Crippen LogP contribution in [0.2, 0.25) is 0 Å². The van der Waals surface area contributed by atoms with Crippen molar-refractivity contribution >= 4 is 11.4 Å². The molecule has 0 atom stereocenters. The maximum absolute atomic E-state index is 5.47. The molecule has 0 aliphatic heterocycles. The molecule has 0 N–H and O–H groups in total. The van der Waals surface area contributed by atoms with Crippen molar-refractivity contribution in [2.75, 3.05) is 0 Å². The summed E-state index contributed by atoms with van der Waals surface area (Å²) in [5.41, 5.74) is 11.3. The van der Waals surface area contributed by atoms with E-state index < -0.39 is 0 Å². The van der Waals surface area contributed by atoms with Gasteiger partial charge in [-0.25, -0.2) is 0 Å². The van der Waals surface area contributed by atoms with E-state index in [0.29, 0.717) is 0 Å². The SMILES string of the molecule is CC(=Nc1c(C(c2ccccc2)c2ccccc2)cc(C)cc1C(c1ccccc1)c1ccccc1)c1ccccn1. The first-order valence-corrected chi connectivity index (χ1v) is 14.5. The Hall–Kier alpha value is -5.08. The summed E-state index contributed by atoms with van der Waals surface area (Å²) < 4.78 is 0. The van der Waals surface area contributed by atoms with Crippen LogP contribution in [-0.4, -0.2) is 10.7 Å². The highest BCUT2D eigenvalue weighted by molar-refractivity contribution is 5.99. The van der Waals surface area contributed by atoms with E-state index in [4.69, 9.17) is 4.99 Å². The van der Waals surface area contributed by atoms with Crippen LogP contribution in [0.15, 0.2) is 163 Å². The van der Waals surface area contributed by atoms with Gasteiger partial charge in [-0.15, -0.1) is 0 Å². The number of pyridine rings is 1. The number of nitrogens with zero attached hydrogens (tertiary/aromatic N) is 2. The Morgan fingerprint density at radius 3 is 1.26 bits per heavy atom. The molecule has 1 aromatic heterocycles. The van der Waals surface area contributed by atoms with Crippen LogP contribution in [0, 0.1) is 6.92 Å². The predicted octanol–water partition coefficient (Wildman–Crippen LogP) is 9.89. The summed E-state index contributed by atoms with van der Waals surface area (Å²) in [6.45, 7) is 4.27. The molecule has 0 saturated carbocycles. The lowest BCUT2D eigenvalue weighted by Crippen LogP contribution is -2.10. The molecule has 0 saturated heterocycles. The second-order valence-electron chi connectivity index (χ2n) is 10.7. The van der Waals surface area contributed by atoms with Gasteiger partial charge >= 0.3 is 0 Å². The summed E-state index contributed by atoms with van der Waals surface area (Å²) in [7, 11) is 0. The van der Waals surface area contributed by atoms with E-state index in [2.05, 4.69) is 152 Å². The summed E-state index contributed by atoms with van der Waals surface area (Å²) in [5, 5.41) is 0. The maximum Gasteiger partial charge on any atom is 0.0841 e. The van der Waals surface area contributed by atoms with Crippen LogP contribution in [0.3, 0.4) is 0 Å². The standard InChI is InChI=1S/C40H34N2/c1-29-27-35(38(31-17-7-3-8-18-31)32-19-9-4-10-20-32)40(42-30(2)37-25-15-16-26-41-37)36(28-29)39(33-21-11-5-12-22-33)34-23-13-6-14-24-34/h3-28,38-39H,1-2H3. The average molecular weight is 543 g/mol. The second kappa shape index (κ2) is 12.6. The van der Waals surface area contributed by atoms with Gasteiger partial charge in [0, 0.05) is 18.0 Å². The number of hydrogen-bond acceptors (Lipinski definition) is 2. The molecule has 204 valence electrons. The highest BCUT2D eigenvalue weighted by atomic mass is 14.8. The van der Waals surface area contributed by atoms with Crippen LogP contribution in [0.1, 0.15) is 63.4 Å². The number of hydrogen-bond donors (Lipinski definition) is 0. The number of aliphatic imine (C=N–C) groups is 1. The van der Waals surface area contributed by atoms with Gasteiger partial charge in [-0.05, 0) is 59.4 Å². The van der Waals surface area contributed by atoms with E-state index in [1.165, 1.54) is 38.9 Å². The molecule has 5 aromatic carbocycles. The number of aromatic nitrogens is 1. The molecular weight excluding hydrogens is 508 g/mol. The summed E-state index contributed by atoms with van der Waals surface area (Å²) in [4.78, 5) is 10.1. The largest absolute Gasteiger partial charge is 0.255 e. The molecule has 0 unspecified atom stereocenters. The quantitative estimate of drug-likeness (QED) is 0.139. The van der Waals surface area contributed by atoms with Crippen LogP contribution in [-0.2, 0) is 0 Å². The molecule has 6 rings (SSSR count).